The summed E-state index contributed by atoms with van der Waals surface area (Å²) >= 11 is 10.8. The normalized spacial score (nSPS) is 10.9. The molecular formula is C14H14ClO5PS. The van der Waals surface area contributed by atoms with E-state index >= 15 is 0 Å². The topological polar surface area (TPSA) is 57.9 Å². The summed E-state index contributed by atoms with van der Waals surface area (Å²) in [7, 11) is 0.272. The molecule has 0 aliphatic rings. The monoisotopic (exact) mass is 360 g/mol. The molecule has 0 aliphatic carbocycles. The molecule has 0 spiro atoms. The molecule has 0 fully saturated rings. The van der Waals surface area contributed by atoms with Crippen LogP contribution >= 0.6 is 19.2 Å². The first-order valence-electron chi connectivity index (χ1n) is 6.60. The van der Waals surface area contributed by atoms with Gasteiger partial charge in [-0.05, 0) is 38.1 Å². The van der Waals surface area contributed by atoms with E-state index in [1.807, 2.05) is 13.8 Å². The minimum atomic E-state index is -0.611. The average molecular weight is 361 g/mol. The SMILES string of the molecule is CCOc1c(OP=S)cc2oc(=O)c(Cl)c(C)c2c1OCC. The Bertz CT molecular complexity index is 774. The highest BCUT2D eigenvalue weighted by Gasteiger charge is 2.22. The molecule has 8 heteroatoms. The first-order valence-corrected chi connectivity index (χ1v) is 8.80. The van der Waals surface area contributed by atoms with E-state index in [0.29, 0.717) is 47.0 Å². The molecule has 5 nitrogen and oxygen atoms in total. The van der Waals surface area contributed by atoms with Gasteiger partial charge in [0.1, 0.15) is 10.6 Å². The molecular weight excluding hydrogens is 347 g/mol. The summed E-state index contributed by atoms with van der Waals surface area (Å²) in [6.45, 7) is 6.24. The Morgan fingerprint density at radius 2 is 1.91 bits per heavy atom. The van der Waals surface area contributed by atoms with Crippen LogP contribution in [0.3, 0.4) is 0 Å². The molecule has 0 aliphatic heterocycles. The Hall–Kier alpha value is -1.36. The van der Waals surface area contributed by atoms with Crippen molar-refractivity contribution in [2.24, 2.45) is 0 Å². The van der Waals surface area contributed by atoms with Crippen molar-refractivity contribution in [3.8, 4) is 17.2 Å². The third-order valence-corrected chi connectivity index (χ3v) is 3.90. The third-order valence-electron chi connectivity index (χ3n) is 2.96. The molecule has 0 unspecified atom stereocenters. The van der Waals surface area contributed by atoms with Crippen molar-refractivity contribution in [1.82, 2.24) is 0 Å². The molecule has 0 amide bonds. The van der Waals surface area contributed by atoms with Crippen LogP contribution in [0.5, 0.6) is 17.2 Å². The minimum absolute atomic E-state index is 0.0194. The van der Waals surface area contributed by atoms with Gasteiger partial charge >= 0.3 is 5.63 Å². The number of fused-ring (bicyclic) bond motifs is 1. The number of aryl methyl sites for hydroxylation is 1. The van der Waals surface area contributed by atoms with Gasteiger partial charge in [-0.1, -0.05) is 11.6 Å². The molecule has 0 saturated heterocycles. The quantitative estimate of drug-likeness (QED) is 0.567. The van der Waals surface area contributed by atoms with Crippen LogP contribution in [0, 0.1) is 6.92 Å². The second-order valence-electron chi connectivity index (χ2n) is 4.27. The van der Waals surface area contributed by atoms with Gasteiger partial charge in [-0.25, -0.2) is 4.79 Å². The zero-order chi connectivity index (χ0) is 16.3. The molecule has 1 heterocycles. The molecule has 22 heavy (non-hydrogen) atoms. The fraction of sp³-hybridized carbons (Fsp3) is 0.357. The lowest BCUT2D eigenvalue weighted by atomic mass is 10.1. The van der Waals surface area contributed by atoms with Crippen LogP contribution in [-0.2, 0) is 11.8 Å². The Morgan fingerprint density at radius 1 is 1.27 bits per heavy atom. The van der Waals surface area contributed by atoms with Crippen LogP contribution in [0.2, 0.25) is 5.02 Å². The van der Waals surface area contributed by atoms with Crippen molar-refractivity contribution < 1.29 is 18.4 Å². The van der Waals surface area contributed by atoms with Gasteiger partial charge in [0.2, 0.25) is 13.3 Å². The van der Waals surface area contributed by atoms with Gasteiger partial charge in [-0.2, -0.15) is 0 Å². The molecule has 1 aromatic heterocycles. The molecule has 0 radical (unpaired) electrons. The summed E-state index contributed by atoms with van der Waals surface area (Å²) in [5.74, 6) is 1.21. The fourth-order valence-electron chi connectivity index (χ4n) is 2.11. The number of hydrogen-bond donors (Lipinski definition) is 0. The fourth-order valence-corrected chi connectivity index (χ4v) is 2.70. The summed E-state index contributed by atoms with van der Waals surface area (Å²) in [6, 6.07) is 1.56. The number of halogens is 1. The summed E-state index contributed by atoms with van der Waals surface area (Å²) in [5.41, 5.74) is 0.271. The van der Waals surface area contributed by atoms with Crippen LogP contribution < -0.4 is 19.6 Å². The Balaban J connectivity index is 2.93. The lowest BCUT2D eigenvalue weighted by Gasteiger charge is -2.17. The second kappa shape index (κ2) is 7.27. The van der Waals surface area contributed by atoms with Gasteiger partial charge in [-0.3, -0.25) is 0 Å². The molecule has 0 atom stereocenters. The van der Waals surface area contributed by atoms with Crippen molar-refractivity contribution in [1.29, 1.82) is 0 Å². The lowest BCUT2D eigenvalue weighted by Crippen LogP contribution is -2.06. The van der Waals surface area contributed by atoms with E-state index in [-0.39, 0.29) is 12.6 Å². The van der Waals surface area contributed by atoms with Crippen molar-refractivity contribution >= 4 is 42.0 Å². The Kier molecular flexibility index (Phi) is 5.62. The van der Waals surface area contributed by atoms with Crippen molar-refractivity contribution in [3.05, 3.63) is 27.1 Å². The molecule has 0 N–H and O–H groups in total. The summed E-state index contributed by atoms with van der Waals surface area (Å²) in [4.78, 5) is 11.8. The van der Waals surface area contributed by atoms with Crippen molar-refractivity contribution in [2.45, 2.75) is 20.8 Å². The molecule has 2 rings (SSSR count). The zero-order valence-electron chi connectivity index (χ0n) is 12.3. The second-order valence-corrected chi connectivity index (χ2v) is 5.42. The highest BCUT2D eigenvalue weighted by Crippen LogP contribution is 2.46. The van der Waals surface area contributed by atoms with Crippen LogP contribution in [0.4, 0.5) is 0 Å². The smallest absolute Gasteiger partial charge is 0.355 e. The van der Waals surface area contributed by atoms with Gasteiger partial charge in [0.15, 0.2) is 11.5 Å². The Labute approximate surface area is 139 Å². The van der Waals surface area contributed by atoms with Gasteiger partial charge in [-0.15, -0.1) is 0 Å². The predicted octanol–water partition coefficient (Wildman–Crippen LogP) is 4.25. The number of rotatable bonds is 6. The minimum Gasteiger partial charge on any atom is -0.489 e. The molecule has 0 bridgehead atoms. The first kappa shape index (κ1) is 17.0. The van der Waals surface area contributed by atoms with Crippen molar-refractivity contribution in [3.63, 3.8) is 0 Å². The van der Waals surface area contributed by atoms with Gasteiger partial charge < -0.3 is 18.4 Å². The Morgan fingerprint density at radius 3 is 2.50 bits per heavy atom. The third kappa shape index (κ3) is 3.05. The lowest BCUT2D eigenvalue weighted by molar-refractivity contribution is 0.284. The summed E-state index contributed by atoms with van der Waals surface area (Å²) in [5, 5.41) is 0.606. The standard InChI is InChI=1S/C14H14ClO5PS/c1-4-17-12-9(20-21-22)6-8-10(13(12)18-5-2)7(3)11(15)14(16)19-8/h6H,4-5H2,1-3H3. The van der Waals surface area contributed by atoms with Gasteiger partial charge in [0, 0.05) is 6.07 Å². The number of hydrogen-bond acceptors (Lipinski definition) is 6. The van der Waals surface area contributed by atoms with Crippen LogP contribution in [0.1, 0.15) is 19.4 Å². The maximum atomic E-state index is 11.8. The molecule has 118 valence electrons. The molecule has 0 saturated carbocycles. The number of benzene rings is 1. The van der Waals surface area contributed by atoms with Crippen LogP contribution in [-0.4, -0.2) is 13.2 Å². The summed E-state index contributed by atoms with van der Waals surface area (Å²) in [6.07, 6.45) is 0. The van der Waals surface area contributed by atoms with E-state index in [4.69, 9.17) is 41.8 Å². The van der Waals surface area contributed by atoms with Gasteiger partial charge in [0.25, 0.3) is 0 Å². The highest BCUT2D eigenvalue weighted by atomic mass is 35.5. The van der Waals surface area contributed by atoms with E-state index in [0.717, 1.165) is 0 Å². The van der Waals surface area contributed by atoms with Crippen LogP contribution in [0.25, 0.3) is 11.0 Å². The highest BCUT2D eigenvalue weighted by molar-refractivity contribution is 7.94. The largest absolute Gasteiger partial charge is 0.489 e. The summed E-state index contributed by atoms with van der Waals surface area (Å²) < 4.78 is 22.0. The van der Waals surface area contributed by atoms with E-state index in [1.165, 1.54) is 0 Å². The van der Waals surface area contributed by atoms with E-state index in [2.05, 4.69) is 0 Å². The zero-order valence-corrected chi connectivity index (χ0v) is 14.7. The average Bonchev–Trinajstić information content (AvgIpc) is 2.48. The van der Waals surface area contributed by atoms with Crippen molar-refractivity contribution in [2.75, 3.05) is 13.2 Å². The number of ether oxygens (including phenoxy) is 2. The maximum Gasteiger partial charge on any atom is 0.355 e. The molecule has 1 aromatic carbocycles. The maximum absolute atomic E-state index is 11.8. The molecule has 2 aromatic rings. The van der Waals surface area contributed by atoms with E-state index in [1.54, 1.807) is 13.0 Å². The van der Waals surface area contributed by atoms with Gasteiger partial charge in [0.05, 0.1) is 18.6 Å². The predicted molar refractivity (Wildman–Crippen MR) is 89.5 cm³/mol. The van der Waals surface area contributed by atoms with E-state index < -0.39 is 5.63 Å². The van der Waals surface area contributed by atoms with Crippen LogP contribution in [0.15, 0.2) is 15.3 Å². The van der Waals surface area contributed by atoms with E-state index in [9.17, 15) is 4.79 Å². The first-order chi connectivity index (χ1) is 10.5.